The Hall–Kier alpha value is -0.120. The van der Waals surface area contributed by atoms with Gasteiger partial charge in [-0.05, 0) is 40.5 Å². The molecule has 0 aliphatic heterocycles. The van der Waals surface area contributed by atoms with Gasteiger partial charge in [0.25, 0.3) is 0 Å². The summed E-state index contributed by atoms with van der Waals surface area (Å²) in [7, 11) is 0. The van der Waals surface area contributed by atoms with E-state index in [9.17, 15) is 5.11 Å². The van der Waals surface area contributed by atoms with Crippen molar-refractivity contribution in [2.75, 3.05) is 0 Å². The van der Waals surface area contributed by atoms with Crippen LogP contribution >= 0.6 is 0 Å². The molecule has 0 aliphatic rings. The van der Waals surface area contributed by atoms with Crippen LogP contribution < -0.4 is 5.73 Å². The summed E-state index contributed by atoms with van der Waals surface area (Å²) in [6.45, 7) is 6.99. The second kappa shape index (κ2) is 3.73. The van der Waals surface area contributed by atoms with Gasteiger partial charge in [0.2, 0.25) is 0 Å². The van der Waals surface area contributed by atoms with Gasteiger partial charge in [0.05, 0.1) is 11.7 Å². The Kier molecular flexibility index (Phi) is 3.69. The van der Waals surface area contributed by atoms with Crippen molar-refractivity contribution >= 4 is 0 Å². The highest BCUT2D eigenvalue weighted by Gasteiger charge is 2.28. The van der Waals surface area contributed by atoms with Gasteiger partial charge in [-0.25, -0.2) is 0 Å². The minimum absolute atomic E-state index is 0.414. The quantitative estimate of drug-likeness (QED) is 0.587. The average Bonchev–Trinajstić information content (AvgIpc) is 1.48. The molecule has 0 aromatic rings. The summed E-state index contributed by atoms with van der Waals surface area (Å²) in [5, 5.41) is 18.6. The van der Waals surface area contributed by atoms with E-state index in [1.165, 1.54) is 0 Å². The lowest BCUT2D eigenvalue weighted by Crippen LogP contribution is -2.45. The maximum absolute atomic E-state index is 9.50. The van der Waals surface area contributed by atoms with Crippen LogP contribution in [0, 0.1) is 0 Å². The monoisotopic (exact) mass is 175 g/mol. The first kappa shape index (κ1) is 11.9. The van der Waals surface area contributed by atoms with Gasteiger partial charge < -0.3 is 15.9 Å². The molecule has 3 nitrogen and oxygen atoms in total. The Labute approximate surface area is 74.6 Å². The molecule has 0 aromatic heterocycles. The van der Waals surface area contributed by atoms with Gasteiger partial charge in [0.15, 0.2) is 0 Å². The Morgan fingerprint density at radius 1 is 1.33 bits per heavy atom. The third-order valence-corrected chi connectivity index (χ3v) is 1.60. The smallest absolute Gasteiger partial charge is 0.0609 e. The van der Waals surface area contributed by atoms with E-state index in [-0.39, 0.29) is 0 Å². The van der Waals surface area contributed by atoms with E-state index < -0.39 is 17.2 Å². The second-order valence-electron chi connectivity index (χ2n) is 4.70. The summed E-state index contributed by atoms with van der Waals surface area (Å²) in [6.07, 6.45) is 0.587. The first-order chi connectivity index (χ1) is 5.12. The standard InChI is InChI=1S/C9H21NO2/c1-7(11)5-9(4,10)6-8(2,3)12/h7,11-12H,5-6,10H2,1-4H3. The Balaban J connectivity index is 4.04. The summed E-state index contributed by atoms with van der Waals surface area (Å²) in [4.78, 5) is 0. The maximum Gasteiger partial charge on any atom is 0.0609 e. The van der Waals surface area contributed by atoms with Crippen LogP contribution in [0.3, 0.4) is 0 Å². The molecule has 0 aliphatic carbocycles. The molecule has 12 heavy (non-hydrogen) atoms. The lowest BCUT2D eigenvalue weighted by atomic mass is 9.85. The number of rotatable bonds is 4. The van der Waals surface area contributed by atoms with Crippen LogP contribution in [0.1, 0.15) is 40.5 Å². The fraction of sp³-hybridized carbons (Fsp3) is 1.00. The molecule has 0 fully saturated rings. The number of nitrogens with two attached hydrogens (primary N) is 1. The van der Waals surface area contributed by atoms with E-state index in [0.29, 0.717) is 12.8 Å². The van der Waals surface area contributed by atoms with E-state index in [1.807, 2.05) is 6.92 Å². The Bertz CT molecular complexity index is 136. The SMILES string of the molecule is CC(O)CC(C)(N)CC(C)(C)O. The summed E-state index contributed by atoms with van der Waals surface area (Å²) >= 11 is 0. The zero-order chi connectivity index (χ0) is 9.99. The lowest BCUT2D eigenvalue weighted by Gasteiger charge is -2.32. The minimum Gasteiger partial charge on any atom is -0.393 e. The maximum atomic E-state index is 9.50. The molecule has 0 amide bonds. The normalized spacial score (nSPS) is 20.2. The van der Waals surface area contributed by atoms with Crippen LogP contribution in [0.4, 0.5) is 0 Å². The third kappa shape index (κ3) is 6.58. The van der Waals surface area contributed by atoms with Gasteiger partial charge >= 0.3 is 0 Å². The highest BCUT2D eigenvalue weighted by Crippen LogP contribution is 2.21. The topological polar surface area (TPSA) is 66.5 Å². The molecule has 0 bridgehead atoms. The number of aliphatic hydroxyl groups excluding tert-OH is 1. The van der Waals surface area contributed by atoms with Crippen molar-refractivity contribution in [2.24, 2.45) is 5.73 Å². The molecule has 74 valence electrons. The largest absolute Gasteiger partial charge is 0.393 e. The van der Waals surface area contributed by atoms with Crippen molar-refractivity contribution in [1.29, 1.82) is 0 Å². The van der Waals surface area contributed by atoms with Crippen LogP contribution in [-0.4, -0.2) is 27.5 Å². The second-order valence-corrected chi connectivity index (χ2v) is 4.70. The summed E-state index contributed by atoms with van der Waals surface area (Å²) in [5.74, 6) is 0. The molecule has 0 spiro atoms. The molecule has 0 aromatic carbocycles. The van der Waals surface area contributed by atoms with Crippen molar-refractivity contribution < 1.29 is 10.2 Å². The number of hydrogen-bond acceptors (Lipinski definition) is 3. The zero-order valence-corrected chi connectivity index (χ0v) is 8.46. The Morgan fingerprint density at radius 2 is 1.75 bits per heavy atom. The van der Waals surface area contributed by atoms with Crippen molar-refractivity contribution in [3.8, 4) is 0 Å². The number of hydrogen-bond donors (Lipinski definition) is 3. The van der Waals surface area contributed by atoms with Crippen LogP contribution in [0.5, 0.6) is 0 Å². The van der Waals surface area contributed by atoms with Crippen molar-refractivity contribution in [3.05, 3.63) is 0 Å². The highest BCUT2D eigenvalue weighted by atomic mass is 16.3. The van der Waals surface area contributed by atoms with E-state index in [1.54, 1.807) is 20.8 Å². The van der Waals surface area contributed by atoms with E-state index in [2.05, 4.69) is 0 Å². The van der Waals surface area contributed by atoms with Gasteiger partial charge in [-0.2, -0.15) is 0 Å². The number of aliphatic hydroxyl groups is 2. The fourth-order valence-electron chi connectivity index (χ4n) is 1.74. The first-order valence-electron chi connectivity index (χ1n) is 4.32. The fourth-order valence-corrected chi connectivity index (χ4v) is 1.74. The molecule has 3 heteroatoms. The van der Waals surface area contributed by atoms with Crippen LogP contribution in [0.2, 0.25) is 0 Å². The van der Waals surface area contributed by atoms with E-state index in [0.717, 1.165) is 0 Å². The molecular formula is C9H21NO2. The van der Waals surface area contributed by atoms with Crippen LogP contribution in [-0.2, 0) is 0 Å². The average molecular weight is 175 g/mol. The van der Waals surface area contributed by atoms with Gasteiger partial charge in [0, 0.05) is 5.54 Å². The molecule has 2 atom stereocenters. The van der Waals surface area contributed by atoms with Crippen molar-refractivity contribution in [2.45, 2.75) is 57.8 Å². The molecule has 0 heterocycles. The minimum atomic E-state index is -0.765. The molecule has 0 saturated carbocycles. The summed E-state index contributed by atoms with van der Waals surface area (Å²) < 4.78 is 0. The molecule has 0 radical (unpaired) electrons. The van der Waals surface area contributed by atoms with Gasteiger partial charge in [-0.15, -0.1) is 0 Å². The summed E-state index contributed by atoms with van der Waals surface area (Å²) in [5.41, 5.74) is 4.62. The van der Waals surface area contributed by atoms with Crippen molar-refractivity contribution in [1.82, 2.24) is 0 Å². The highest BCUT2D eigenvalue weighted by molar-refractivity contribution is 4.87. The van der Waals surface area contributed by atoms with Gasteiger partial charge in [-0.1, -0.05) is 0 Å². The molecule has 2 unspecified atom stereocenters. The van der Waals surface area contributed by atoms with E-state index >= 15 is 0 Å². The molecular weight excluding hydrogens is 154 g/mol. The van der Waals surface area contributed by atoms with Crippen LogP contribution in [0.15, 0.2) is 0 Å². The lowest BCUT2D eigenvalue weighted by molar-refractivity contribution is 0.0366. The predicted molar refractivity (Wildman–Crippen MR) is 49.8 cm³/mol. The molecule has 0 saturated heterocycles. The first-order valence-corrected chi connectivity index (χ1v) is 4.32. The third-order valence-electron chi connectivity index (χ3n) is 1.60. The summed E-state index contributed by atoms with van der Waals surface area (Å²) in [6, 6.07) is 0. The van der Waals surface area contributed by atoms with Crippen molar-refractivity contribution in [3.63, 3.8) is 0 Å². The van der Waals surface area contributed by atoms with Gasteiger partial charge in [-0.3, -0.25) is 0 Å². The van der Waals surface area contributed by atoms with Crippen LogP contribution in [0.25, 0.3) is 0 Å². The van der Waals surface area contributed by atoms with E-state index in [4.69, 9.17) is 10.8 Å². The van der Waals surface area contributed by atoms with Gasteiger partial charge in [0.1, 0.15) is 0 Å². The predicted octanol–water partition coefficient (Wildman–Crippen LogP) is 0.636. The molecule has 4 N–H and O–H groups in total. The zero-order valence-electron chi connectivity index (χ0n) is 8.46. The molecule has 0 rings (SSSR count). The Morgan fingerprint density at radius 3 is 2.00 bits per heavy atom.